The molecule has 0 fully saturated rings. The molecular formula is C28H35NS. The largest absolute Gasteiger partial charge is 0.311 e. The van der Waals surface area contributed by atoms with Crippen LogP contribution in [0.2, 0.25) is 0 Å². The van der Waals surface area contributed by atoms with Gasteiger partial charge in [-0.25, -0.2) is 0 Å². The van der Waals surface area contributed by atoms with E-state index in [2.05, 4.69) is 92.6 Å². The van der Waals surface area contributed by atoms with Gasteiger partial charge in [-0.3, -0.25) is 0 Å². The molecule has 1 aromatic carbocycles. The number of thioether (sulfide) groups is 1. The number of anilines is 1. The maximum absolute atomic E-state index is 4.24. The molecule has 0 amide bonds. The van der Waals surface area contributed by atoms with Gasteiger partial charge in [0.05, 0.1) is 0 Å². The first kappa shape index (κ1) is 22.5. The third-order valence-electron chi connectivity index (χ3n) is 5.85. The third kappa shape index (κ3) is 5.70. The number of hydrogen-bond acceptors (Lipinski definition) is 2. The molecule has 0 spiro atoms. The van der Waals surface area contributed by atoms with Gasteiger partial charge in [0.15, 0.2) is 0 Å². The number of unbranched alkanes of at least 4 members (excludes halogenated alkanes) is 1. The first-order chi connectivity index (χ1) is 14.7. The van der Waals surface area contributed by atoms with E-state index in [1.165, 1.54) is 46.1 Å². The molecule has 1 nitrogen and oxygen atoms in total. The standard InChI is InChI=1S/C28H35NS/c1-5-8-21-30-28-19-17-27(18-20-28)29(25-13-9-23(7-3)10-14-25)26-15-11-24(12-16-26)22(4)6-2/h7,9,11,13-20,23-24H,3-6,8,10,12,21H2,1-2H3. The van der Waals surface area contributed by atoms with Crippen LogP contribution in [-0.2, 0) is 0 Å². The Morgan fingerprint density at radius 1 is 1.07 bits per heavy atom. The molecule has 0 saturated carbocycles. The van der Waals surface area contributed by atoms with Crippen LogP contribution in [0.15, 0.2) is 102 Å². The van der Waals surface area contributed by atoms with Gasteiger partial charge in [0.2, 0.25) is 0 Å². The summed E-state index contributed by atoms with van der Waals surface area (Å²) in [5.41, 5.74) is 5.01. The Labute approximate surface area is 187 Å². The van der Waals surface area contributed by atoms with E-state index in [1.54, 1.807) is 0 Å². The predicted molar refractivity (Wildman–Crippen MR) is 135 cm³/mol. The van der Waals surface area contributed by atoms with Crippen molar-refractivity contribution in [2.75, 3.05) is 10.7 Å². The minimum Gasteiger partial charge on any atom is -0.311 e. The molecule has 2 unspecified atom stereocenters. The molecule has 30 heavy (non-hydrogen) atoms. The van der Waals surface area contributed by atoms with E-state index < -0.39 is 0 Å². The van der Waals surface area contributed by atoms with Gasteiger partial charge in [0.25, 0.3) is 0 Å². The molecule has 0 heterocycles. The Kier molecular flexibility index (Phi) is 8.45. The summed E-state index contributed by atoms with van der Waals surface area (Å²) in [6.07, 6.45) is 21.4. The van der Waals surface area contributed by atoms with Crippen molar-refractivity contribution in [1.82, 2.24) is 0 Å². The fourth-order valence-electron chi connectivity index (χ4n) is 3.78. The maximum atomic E-state index is 4.24. The van der Waals surface area contributed by atoms with Gasteiger partial charge in [-0.05, 0) is 73.8 Å². The second-order valence-electron chi connectivity index (χ2n) is 8.00. The molecule has 0 aromatic heterocycles. The number of hydrogen-bond donors (Lipinski definition) is 0. The lowest BCUT2D eigenvalue weighted by Gasteiger charge is -2.31. The Morgan fingerprint density at radius 2 is 1.77 bits per heavy atom. The highest BCUT2D eigenvalue weighted by Crippen LogP contribution is 2.34. The number of allylic oxidation sites excluding steroid dienone is 8. The minimum atomic E-state index is 0.432. The smallest absolute Gasteiger partial charge is 0.0462 e. The molecule has 2 aliphatic carbocycles. The zero-order chi connectivity index (χ0) is 21.3. The van der Waals surface area contributed by atoms with Gasteiger partial charge >= 0.3 is 0 Å². The zero-order valence-corrected chi connectivity index (χ0v) is 19.3. The van der Waals surface area contributed by atoms with E-state index in [1.807, 2.05) is 17.8 Å². The van der Waals surface area contributed by atoms with Crippen molar-refractivity contribution < 1.29 is 0 Å². The van der Waals surface area contributed by atoms with Crippen LogP contribution in [0, 0.1) is 11.8 Å². The van der Waals surface area contributed by atoms with E-state index >= 15 is 0 Å². The Balaban J connectivity index is 1.84. The van der Waals surface area contributed by atoms with Crippen LogP contribution in [0.3, 0.4) is 0 Å². The molecule has 1 aromatic rings. The Bertz CT molecular complexity index is 853. The predicted octanol–water partition coefficient (Wildman–Crippen LogP) is 8.46. The molecule has 2 atom stereocenters. The molecule has 3 rings (SSSR count). The summed E-state index contributed by atoms with van der Waals surface area (Å²) in [5.74, 6) is 2.08. The van der Waals surface area contributed by atoms with Crippen LogP contribution < -0.4 is 4.90 Å². The summed E-state index contributed by atoms with van der Waals surface area (Å²) in [7, 11) is 0. The van der Waals surface area contributed by atoms with Crippen molar-refractivity contribution in [3.63, 3.8) is 0 Å². The summed E-state index contributed by atoms with van der Waals surface area (Å²) in [4.78, 5) is 3.73. The van der Waals surface area contributed by atoms with Gasteiger partial charge in [-0.2, -0.15) is 0 Å². The van der Waals surface area contributed by atoms with Crippen molar-refractivity contribution >= 4 is 17.4 Å². The van der Waals surface area contributed by atoms with Gasteiger partial charge in [-0.1, -0.05) is 62.8 Å². The van der Waals surface area contributed by atoms with Crippen LogP contribution in [-0.4, -0.2) is 5.75 Å². The van der Waals surface area contributed by atoms with Crippen molar-refractivity contribution in [2.45, 2.75) is 50.8 Å². The molecule has 158 valence electrons. The highest BCUT2D eigenvalue weighted by Gasteiger charge is 2.20. The Morgan fingerprint density at radius 3 is 2.30 bits per heavy atom. The van der Waals surface area contributed by atoms with Crippen molar-refractivity contribution in [3.8, 4) is 0 Å². The molecule has 0 N–H and O–H groups in total. The quantitative estimate of drug-likeness (QED) is 0.213. The lowest BCUT2D eigenvalue weighted by atomic mass is 9.90. The summed E-state index contributed by atoms with van der Waals surface area (Å²) in [6.45, 7) is 12.6. The van der Waals surface area contributed by atoms with E-state index in [4.69, 9.17) is 0 Å². The molecule has 2 heteroatoms. The third-order valence-corrected chi connectivity index (χ3v) is 6.95. The average molecular weight is 418 g/mol. The van der Waals surface area contributed by atoms with Crippen LogP contribution in [0.1, 0.15) is 46.0 Å². The summed E-state index contributed by atoms with van der Waals surface area (Å²) >= 11 is 1.95. The molecule has 0 aliphatic heterocycles. The number of nitrogens with zero attached hydrogens (tertiary/aromatic N) is 1. The molecule has 2 aliphatic rings. The number of benzene rings is 1. The van der Waals surface area contributed by atoms with Gasteiger partial charge in [0, 0.05) is 27.9 Å². The monoisotopic (exact) mass is 417 g/mol. The fraction of sp³-hybridized carbons (Fsp3) is 0.357. The second-order valence-corrected chi connectivity index (χ2v) is 9.17. The molecule has 0 saturated heterocycles. The summed E-state index contributed by atoms with van der Waals surface area (Å²) in [5, 5.41) is 0. The minimum absolute atomic E-state index is 0.432. The van der Waals surface area contributed by atoms with Crippen molar-refractivity contribution in [1.29, 1.82) is 0 Å². The van der Waals surface area contributed by atoms with Gasteiger partial charge in [0.1, 0.15) is 0 Å². The molecule has 0 bridgehead atoms. The lowest BCUT2D eigenvalue weighted by Crippen LogP contribution is -2.23. The first-order valence-electron chi connectivity index (χ1n) is 11.3. The summed E-state index contributed by atoms with van der Waals surface area (Å²) < 4.78 is 0. The fourth-order valence-corrected chi connectivity index (χ4v) is 4.78. The van der Waals surface area contributed by atoms with Gasteiger partial charge < -0.3 is 4.90 Å². The van der Waals surface area contributed by atoms with Crippen LogP contribution >= 0.6 is 11.8 Å². The maximum Gasteiger partial charge on any atom is 0.0462 e. The van der Waals surface area contributed by atoms with Crippen LogP contribution in [0.5, 0.6) is 0 Å². The summed E-state index contributed by atoms with van der Waals surface area (Å²) in [6, 6.07) is 9.04. The number of rotatable bonds is 10. The van der Waals surface area contributed by atoms with Crippen molar-refractivity contribution in [2.24, 2.45) is 11.8 Å². The molecule has 0 radical (unpaired) electrons. The SMILES string of the molecule is C=CC1C=CC(N(C2=CCC(C(=C)CC)C=C2)c2ccc(SCCCC)cc2)=CC1. The topological polar surface area (TPSA) is 3.24 Å². The highest BCUT2D eigenvalue weighted by atomic mass is 32.2. The molecular weight excluding hydrogens is 382 g/mol. The highest BCUT2D eigenvalue weighted by molar-refractivity contribution is 7.99. The first-order valence-corrected chi connectivity index (χ1v) is 12.2. The normalized spacial score (nSPS) is 20.5. The van der Waals surface area contributed by atoms with Crippen LogP contribution in [0.4, 0.5) is 5.69 Å². The van der Waals surface area contributed by atoms with E-state index in [-0.39, 0.29) is 0 Å². The Hall–Kier alpha value is -2.19. The van der Waals surface area contributed by atoms with Crippen molar-refractivity contribution in [3.05, 3.63) is 96.9 Å². The zero-order valence-electron chi connectivity index (χ0n) is 18.5. The van der Waals surface area contributed by atoms with E-state index in [0.717, 1.165) is 19.3 Å². The average Bonchev–Trinajstić information content (AvgIpc) is 2.81. The van der Waals surface area contributed by atoms with Crippen LogP contribution in [0.25, 0.3) is 0 Å². The van der Waals surface area contributed by atoms with E-state index in [0.29, 0.717) is 11.8 Å². The van der Waals surface area contributed by atoms with E-state index in [9.17, 15) is 0 Å². The second kappa shape index (κ2) is 11.3. The van der Waals surface area contributed by atoms with Gasteiger partial charge in [-0.15, -0.1) is 18.3 Å². The lowest BCUT2D eigenvalue weighted by molar-refractivity contribution is 0.727.